The Kier molecular flexibility index (Phi) is 5.33. The summed E-state index contributed by atoms with van der Waals surface area (Å²) in [5.41, 5.74) is 0.234. The van der Waals surface area contributed by atoms with E-state index >= 15 is 0 Å². The summed E-state index contributed by atoms with van der Waals surface area (Å²) in [6.07, 6.45) is 0. The number of benzene rings is 2. The van der Waals surface area contributed by atoms with Crippen LogP contribution in [0, 0.1) is 11.6 Å². The van der Waals surface area contributed by atoms with Gasteiger partial charge in [0.15, 0.2) is 11.6 Å². The first kappa shape index (κ1) is 17.0. The van der Waals surface area contributed by atoms with Crippen molar-refractivity contribution in [2.24, 2.45) is 0 Å². The zero-order valence-corrected chi connectivity index (χ0v) is 12.9. The smallest absolute Gasteiger partial charge is 0.336 e. The molecule has 0 heterocycles. The maximum Gasteiger partial charge on any atom is 0.336 e. The van der Waals surface area contributed by atoms with E-state index in [2.05, 4.69) is 5.32 Å². The Hall–Kier alpha value is -2.41. The molecule has 7 heteroatoms. The number of carboxylic acid groups (broad SMARTS) is 1. The van der Waals surface area contributed by atoms with E-state index < -0.39 is 28.8 Å². The summed E-state index contributed by atoms with van der Waals surface area (Å²) in [7, 11) is 0. The van der Waals surface area contributed by atoms with Crippen molar-refractivity contribution >= 4 is 29.3 Å². The Labute approximate surface area is 135 Å². The van der Waals surface area contributed by atoms with Crippen LogP contribution >= 0.6 is 11.8 Å². The molecule has 1 atom stereocenters. The standard InChI is InChI=1S/C16H13F2NO3S/c1-9(23-14-5-3-2-4-11(14)16(21)22)15(20)19-10-6-7-12(17)13(18)8-10/h2-9H,1H3,(H,19,20)(H,21,22). The van der Waals surface area contributed by atoms with Crippen LogP contribution in [0.15, 0.2) is 47.4 Å². The molecule has 0 aliphatic heterocycles. The molecular formula is C16H13F2NO3S. The highest BCUT2D eigenvalue weighted by Crippen LogP contribution is 2.27. The van der Waals surface area contributed by atoms with Crippen LogP contribution in [0.3, 0.4) is 0 Å². The van der Waals surface area contributed by atoms with Crippen LogP contribution in [0.1, 0.15) is 17.3 Å². The highest BCUT2D eigenvalue weighted by molar-refractivity contribution is 8.00. The molecule has 0 fully saturated rings. The number of rotatable bonds is 5. The van der Waals surface area contributed by atoms with E-state index in [1.807, 2.05) is 0 Å². The molecule has 0 aliphatic rings. The molecule has 0 radical (unpaired) electrons. The van der Waals surface area contributed by atoms with Crippen LogP contribution in [0.25, 0.3) is 0 Å². The molecule has 0 bridgehead atoms. The van der Waals surface area contributed by atoms with Crippen molar-refractivity contribution in [2.75, 3.05) is 5.32 Å². The summed E-state index contributed by atoms with van der Waals surface area (Å²) in [4.78, 5) is 23.7. The van der Waals surface area contributed by atoms with Gasteiger partial charge in [-0.15, -0.1) is 11.8 Å². The van der Waals surface area contributed by atoms with E-state index in [0.717, 1.165) is 23.9 Å². The van der Waals surface area contributed by atoms with Gasteiger partial charge in [-0.3, -0.25) is 4.79 Å². The van der Waals surface area contributed by atoms with Gasteiger partial charge in [0.25, 0.3) is 0 Å². The first-order valence-electron chi connectivity index (χ1n) is 6.63. The van der Waals surface area contributed by atoms with Crippen LogP contribution in [0.4, 0.5) is 14.5 Å². The Balaban J connectivity index is 2.08. The lowest BCUT2D eigenvalue weighted by molar-refractivity contribution is -0.115. The Morgan fingerprint density at radius 2 is 1.83 bits per heavy atom. The third kappa shape index (κ3) is 4.29. The van der Waals surface area contributed by atoms with Crippen LogP contribution in [-0.2, 0) is 4.79 Å². The second-order valence-electron chi connectivity index (χ2n) is 4.68. The van der Waals surface area contributed by atoms with Crippen molar-refractivity contribution in [3.05, 3.63) is 59.7 Å². The second-order valence-corrected chi connectivity index (χ2v) is 6.06. The molecule has 0 saturated carbocycles. The predicted molar refractivity (Wildman–Crippen MR) is 83.7 cm³/mol. The molecule has 2 rings (SSSR count). The Morgan fingerprint density at radius 3 is 2.48 bits per heavy atom. The number of halogens is 2. The highest BCUT2D eigenvalue weighted by Gasteiger charge is 2.18. The van der Waals surface area contributed by atoms with Gasteiger partial charge in [-0.2, -0.15) is 0 Å². The average molecular weight is 337 g/mol. The van der Waals surface area contributed by atoms with Gasteiger partial charge in [-0.1, -0.05) is 12.1 Å². The molecule has 0 saturated heterocycles. The summed E-state index contributed by atoms with van der Waals surface area (Å²) >= 11 is 1.07. The average Bonchev–Trinajstić information content (AvgIpc) is 2.51. The summed E-state index contributed by atoms with van der Waals surface area (Å²) in [6.45, 7) is 1.60. The Morgan fingerprint density at radius 1 is 1.13 bits per heavy atom. The summed E-state index contributed by atoms with van der Waals surface area (Å²) in [5, 5.41) is 11.0. The first-order valence-corrected chi connectivity index (χ1v) is 7.51. The van der Waals surface area contributed by atoms with Gasteiger partial charge in [0, 0.05) is 16.6 Å². The van der Waals surface area contributed by atoms with E-state index in [-0.39, 0.29) is 11.3 Å². The number of carbonyl (C=O) groups excluding carboxylic acids is 1. The quantitative estimate of drug-likeness (QED) is 0.815. The molecule has 2 aromatic carbocycles. The number of thioether (sulfide) groups is 1. The molecule has 0 aliphatic carbocycles. The normalized spacial score (nSPS) is 11.8. The van der Waals surface area contributed by atoms with Gasteiger partial charge >= 0.3 is 5.97 Å². The van der Waals surface area contributed by atoms with E-state index in [4.69, 9.17) is 5.11 Å². The minimum absolute atomic E-state index is 0.102. The van der Waals surface area contributed by atoms with Gasteiger partial charge in [0.05, 0.1) is 10.8 Å². The molecule has 1 amide bonds. The number of anilines is 1. The van der Waals surface area contributed by atoms with Gasteiger partial charge in [0.1, 0.15) is 0 Å². The van der Waals surface area contributed by atoms with Crippen LogP contribution in [-0.4, -0.2) is 22.2 Å². The Bertz CT molecular complexity index is 752. The fourth-order valence-corrected chi connectivity index (χ4v) is 2.79. The van der Waals surface area contributed by atoms with Crippen LogP contribution in [0.2, 0.25) is 0 Å². The highest BCUT2D eigenvalue weighted by atomic mass is 32.2. The van der Waals surface area contributed by atoms with Crippen molar-refractivity contribution < 1.29 is 23.5 Å². The van der Waals surface area contributed by atoms with Crippen molar-refractivity contribution in [3.63, 3.8) is 0 Å². The summed E-state index contributed by atoms with van der Waals surface area (Å²) in [6, 6.07) is 9.38. The first-order chi connectivity index (χ1) is 10.9. The number of carboxylic acids is 1. The SMILES string of the molecule is CC(Sc1ccccc1C(=O)O)C(=O)Nc1ccc(F)c(F)c1. The summed E-state index contributed by atoms with van der Waals surface area (Å²) < 4.78 is 26.0. The number of hydrogen-bond donors (Lipinski definition) is 2. The summed E-state index contributed by atoms with van der Waals surface area (Å²) in [5.74, 6) is -3.58. The maximum atomic E-state index is 13.1. The molecule has 23 heavy (non-hydrogen) atoms. The van der Waals surface area contributed by atoms with Crippen LogP contribution < -0.4 is 5.32 Å². The predicted octanol–water partition coefficient (Wildman–Crippen LogP) is 3.78. The lowest BCUT2D eigenvalue weighted by atomic mass is 10.2. The van der Waals surface area contributed by atoms with Gasteiger partial charge in [-0.25, -0.2) is 13.6 Å². The largest absolute Gasteiger partial charge is 0.478 e. The lowest BCUT2D eigenvalue weighted by Crippen LogP contribution is -2.22. The fourth-order valence-electron chi connectivity index (χ4n) is 1.81. The number of carbonyl (C=O) groups is 2. The molecule has 120 valence electrons. The molecule has 2 aromatic rings. The number of amides is 1. The van der Waals surface area contributed by atoms with Crippen molar-refractivity contribution in [1.29, 1.82) is 0 Å². The lowest BCUT2D eigenvalue weighted by Gasteiger charge is -2.13. The third-order valence-electron chi connectivity index (χ3n) is 2.98. The molecule has 4 nitrogen and oxygen atoms in total. The van der Waals surface area contributed by atoms with Gasteiger partial charge in [-0.05, 0) is 31.2 Å². The minimum Gasteiger partial charge on any atom is -0.478 e. The number of aromatic carboxylic acids is 1. The molecule has 2 N–H and O–H groups in total. The zero-order chi connectivity index (χ0) is 17.0. The van der Waals surface area contributed by atoms with Crippen LogP contribution in [0.5, 0.6) is 0 Å². The van der Waals surface area contributed by atoms with Gasteiger partial charge in [0.2, 0.25) is 5.91 Å². The zero-order valence-electron chi connectivity index (χ0n) is 12.0. The third-order valence-corrected chi connectivity index (χ3v) is 4.16. The fraction of sp³-hybridized carbons (Fsp3) is 0.125. The molecule has 0 spiro atoms. The van der Waals surface area contributed by atoms with E-state index in [9.17, 15) is 18.4 Å². The topological polar surface area (TPSA) is 66.4 Å². The number of nitrogens with one attached hydrogen (secondary N) is 1. The van der Waals surface area contributed by atoms with Crippen molar-refractivity contribution in [1.82, 2.24) is 0 Å². The molecular weight excluding hydrogens is 324 g/mol. The second kappa shape index (κ2) is 7.23. The van der Waals surface area contributed by atoms with E-state index in [0.29, 0.717) is 4.90 Å². The monoisotopic (exact) mass is 337 g/mol. The molecule has 0 aromatic heterocycles. The number of hydrogen-bond acceptors (Lipinski definition) is 3. The maximum absolute atomic E-state index is 13.1. The molecule has 1 unspecified atom stereocenters. The minimum atomic E-state index is -1.08. The van der Waals surface area contributed by atoms with Crippen molar-refractivity contribution in [3.8, 4) is 0 Å². The van der Waals surface area contributed by atoms with E-state index in [1.165, 1.54) is 12.1 Å². The van der Waals surface area contributed by atoms with E-state index in [1.54, 1.807) is 25.1 Å². The van der Waals surface area contributed by atoms with Crippen molar-refractivity contribution in [2.45, 2.75) is 17.1 Å². The van der Waals surface area contributed by atoms with Gasteiger partial charge < -0.3 is 10.4 Å².